The summed E-state index contributed by atoms with van der Waals surface area (Å²) in [6.45, 7) is 9.40. The first-order valence-electron chi connectivity index (χ1n) is 9.42. The number of hydrogen-bond acceptors (Lipinski definition) is 6. The van der Waals surface area contributed by atoms with E-state index in [2.05, 4.69) is 49.7 Å². The molecular weight excluding hydrogens is 398 g/mol. The molecule has 0 spiro atoms. The number of guanidine groups is 1. The third-order valence-corrected chi connectivity index (χ3v) is 6.33. The first-order valence-corrected chi connectivity index (χ1v) is 12.2. The summed E-state index contributed by atoms with van der Waals surface area (Å²) in [6, 6.07) is 4.46. The topological polar surface area (TPSA) is 95.1 Å². The number of thiophene rings is 1. The summed E-state index contributed by atoms with van der Waals surface area (Å²) >= 11 is 1.75. The van der Waals surface area contributed by atoms with Gasteiger partial charge < -0.3 is 15.4 Å². The molecule has 3 N–H and O–H groups in total. The van der Waals surface area contributed by atoms with Crippen molar-refractivity contribution in [1.29, 1.82) is 0 Å². The Hall–Kier alpha value is -1.20. The molecule has 2 heterocycles. The molecule has 1 fully saturated rings. The Labute approximate surface area is 172 Å². The van der Waals surface area contributed by atoms with Gasteiger partial charge in [0.2, 0.25) is 10.0 Å². The maximum absolute atomic E-state index is 11.5. The SMILES string of the molecule is CN=C(NCC(c1cccs1)N1CCOC(C)C1)NCC(C)(C)NS(C)(=O)=O. The molecule has 10 heteroatoms. The van der Waals surface area contributed by atoms with Crippen molar-refractivity contribution in [3.8, 4) is 0 Å². The second-order valence-corrected chi connectivity index (χ2v) is 10.5. The second kappa shape index (κ2) is 10.0. The Balaban J connectivity index is 1.96. The minimum absolute atomic E-state index is 0.219. The molecule has 0 radical (unpaired) electrons. The van der Waals surface area contributed by atoms with Gasteiger partial charge in [-0.2, -0.15) is 0 Å². The van der Waals surface area contributed by atoms with Crippen LogP contribution in [0, 0.1) is 0 Å². The highest BCUT2D eigenvalue weighted by atomic mass is 32.2. The van der Waals surface area contributed by atoms with Crippen molar-refractivity contribution in [1.82, 2.24) is 20.3 Å². The van der Waals surface area contributed by atoms with Crippen LogP contribution in [0.15, 0.2) is 22.5 Å². The third kappa shape index (κ3) is 7.67. The van der Waals surface area contributed by atoms with E-state index >= 15 is 0 Å². The van der Waals surface area contributed by atoms with Crippen molar-refractivity contribution in [2.45, 2.75) is 38.5 Å². The number of nitrogens with zero attached hydrogens (tertiary/aromatic N) is 2. The zero-order valence-corrected chi connectivity index (χ0v) is 19.0. The monoisotopic (exact) mass is 431 g/mol. The van der Waals surface area contributed by atoms with Crippen molar-refractivity contribution < 1.29 is 13.2 Å². The summed E-state index contributed by atoms with van der Waals surface area (Å²) in [4.78, 5) is 8.02. The molecule has 0 amide bonds. The van der Waals surface area contributed by atoms with Crippen LogP contribution < -0.4 is 15.4 Å². The molecule has 1 aromatic heterocycles. The van der Waals surface area contributed by atoms with E-state index in [1.807, 2.05) is 13.8 Å². The molecule has 0 aliphatic carbocycles. The predicted molar refractivity (Wildman–Crippen MR) is 115 cm³/mol. The Morgan fingerprint density at radius 1 is 1.46 bits per heavy atom. The molecule has 0 bridgehead atoms. The lowest BCUT2D eigenvalue weighted by molar-refractivity contribution is -0.0334. The minimum atomic E-state index is -3.28. The quantitative estimate of drug-likeness (QED) is 0.420. The Kier molecular flexibility index (Phi) is 8.26. The summed E-state index contributed by atoms with van der Waals surface area (Å²) in [5.74, 6) is 0.645. The molecule has 1 aromatic rings. The summed E-state index contributed by atoms with van der Waals surface area (Å²) in [5.41, 5.74) is -0.627. The molecule has 8 nitrogen and oxygen atoms in total. The Morgan fingerprint density at radius 3 is 2.79 bits per heavy atom. The molecule has 28 heavy (non-hydrogen) atoms. The molecule has 2 unspecified atom stereocenters. The van der Waals surface area contributed by atoms with Crippen molar-refractivity contribution in [3.05, 3.63) is 22.4 Å². The Bertz CT molecular complexity index is 734. The standard InChI is InChI=1S/C18H33N5O3S2/c1-14-12-23(8-9-26-14)15(16-7-6-10-27-16)11-20-17(19-4)21-13-18(2,3)22-28(5,24)25/h6-7,10,14-15,22H,8-9,11-13H2,1-5H3,(H2,19,20,21). The number of morpholine rings is 1. The van der Waals surface area contributed by atoms with E-state index in [0.29, 0.717) is 19.0 Å². The van der Waals surface area contributed by atoms with Gasteiger partial charge in [0.15, 0.2) is 5.96 Å². The van der Waals surface area contributed by atoms with E-state index in [0.717, 1.165) is 26.0 Å². The molecule has 0 aromatic carbocycles. The number of ether oxygens (including phenoxy) is 1. The highest BCUT2D eigenvalue weighted by Crippen LogP contribution is 2.26. The van der Waals surface area contributed by atoms with Gasteiger partial charge in [0.1, 0.15) is 0 Å². The van der Waals surface area contributed by atoms with Crippen LogP contribution in [-0.4, -0.2) is 77.0 Å². The molecule has 1 saturated heterocycles. The van der Waals surface area contributed by atoms with Crippen LogP contribution in [0.5, 0.6) is 0 Å². The second-order valence-electron chi connectivity index (χ2n) is 7.77. The lowest BCUT2D eigenvalue weighted by atomic mass is 10.1. The maximum atomic E-state index is 11.5. The van der Waals surface area contributed by atoms with Crippen LogP contribution >= 0.6 is 11.3 Å². The summed E-state index contributed by atoms with van der Waals surface area (Å²) in [7, 11) is -1.57. The highest BCUT2D eigenvalue weighted by Gasteiger charge is 2.27. The van der Waals surface area contributed by atoms with Crippen molar-refractivity contribution >= 4 is 27.3 Å². The Morgan fingerprint density at radius 2 is 2.21 bits per heavy atom. The molecule has 1 aliphatic rings. The number of aliphatic imine (C=N–C) groups is 1. The number of sulfonamides is 1. The van der Waals surface area contributed by atoms with E-state index in [1.165, 1.54) is 4.88 Å². The van der Waals surface area contributed by atoms with Crippen LogP contribution in [0.3, 0.4) is 0 Å². The largest absolute Gasteiger partial charge is 0.376 e. The van der Waals surface area contributed by atoms with E-state index in [1.54, 1.807) is 18.4 Å². The fourth-order valence-electron chi connectivity index (χ4n) is 3.28. The zero-order valence-electron chi connectivity index (χ0n) is 17.4. The molecule has 160 valence electrons. The van der Waals surface area contributed by atoms with Gasteiger partial charge in [0, 0.05) is 43.6 Å². The normalized spacial score (nSPS) is 20.8. The molecule has 2 rings (SSSR count). The van der Waals surface area contributed by atoms with Crippen LogP contribution in [0.1, 0.15) is 31.7 Å². The van der Waals surface area contributed by atoms with E-state index in [4.69, 9.17) is 4.74 Å². The van der Waals surface area contributed by atoms with Gasteiger partial charge in [0.05, 0.1) is 25.0 Å². The first kappa shape index (κ1) is 23.1. The van der Waals surface area contributed by atoms with Crippen LogP contribution in [0.4, 0.5) is 0 Å². The van der Waals surface area contributed by atoms with Crippen LogP contribution in [-0.2, 0) is 14.8 Å². The lowest BCUT2D eigenvalue weighted by Crippen LogP contribution is -2.54. The van der Waals surface area contributed by atoms with Crippen LogP contribution in [0.2, 0.25) is 0 Å². The summed E-state index contributed by atoms with van der Waals surface area (Å²) in [5, 5.41) is 8.70. The summed E-state index contributed by atoms with van der Waals surface area (Å²) < 4.78 is 31.3. The molecule has 0 saturated carbocycles. The van der Waals surface area contributed by atoms with Gasteiger partial charge >= 0.3 is 0 Å². The maximum Gasteiger partial charge on any atom is 0.209 e. The van der Waals surface area contributed by atoms with Crippen molar-refractivity contribution in [3.63, 3.8) is 0 Å². The van der Waals surface area contributed by atoms with Crippen LogP contribution in [0.25, 0.3) is 0 Å². The third-order valence-electron chi connectivity index (χ3n) is 4.43. The van der Waals surface area contributed by atoms with Gasteiger partial charge in [0.25, 0.3) is 0 Å². The average molecular weight is 432 g/mol. The van der Waals surface area contributed by atoms with Gasteiger partial charge in [-0.3, -0.25) is 9.89 Å². The van der Waals surface area contributed by atoms with Gasteiger partial charge in [-0.05, 0) is 32.2 Å². The fourth-order valence-corrected chi connectivity index (χ4v) is 5.21. The number of nitrogens with one attached hydrogen (secondary N) is 3. The number of hydrogen-bond donors (Lipinski definition) is 3. The smallest absolute Gasteiger partial charge is 0.209 e. The summed E-state index contributed by atoms with van der Waals surface area (Å²) in [6.07, 6.45) is 1.38. The van der Waals surface area contributed by atoms with E-state index < -0.39 is 15.6 Å². The fraction of sp³-hybridized carbons (Fsp3) is 0.722. The highest BCUT2D eigenvalue weighted by molar-refractivity contribution is 7.88. The predicted octanol–water partition coefficient (Wildman–Crippen LogP) is 1.00. The lowest BCUT2D eigenvalue weighted by Gasteiger charge is -2.37. The molecule has 1 aliphatic heterocycles. The van der Waals surface area contributed by atoms with E-state index in [9.17, 15) is 8.42 Å². The zero-order chi connectivity index (χ0) is 20.8. The van der Waals surface area contributed by atoms with Crippen molar-refractivity contribution in [2.24, 2.45) is 4.99 Å². The minimum Gasteiger partial charge on any atom is -0.376 e. The first-order chi connectivity index (χ1) is 13.1. The molecule has 2 atom stereocenters. The average Bonchev–Trinajstić information content (AvgIpc) is 3.10. The number of rotatable bonds is 8. The van der Waals surface area contributed by atoms with E-state index in [-0.39, 0.29) is 12.1 Å². The molecular formula is C18H33N5O3S2. The van der Waals surface area contributed by atoms with Gasteiger partial charge in [-0.1, -0.05) is 6.07 Å². The van der Waals surface area contributed by atoms with Crippen molar-refractivity contribution in [2.75, 3.05) is 46.1 Å². The van der Waals surface area contributed by atoms with Gasteiger partial charge in [-0.15, -0.1) is 11.3 Å². The van der Waals surface area contributed by atoms with Gasteiger partial charge in [-0.25, -0.2) is 13.1 Å².